The Kier molecular flexibility index (Phi) is 3.13. The van der Waals surface area contributed by atoms with Gasteiger partial charge in [-0.1, -0.05) is 12.1 Å². The van der Waals surface area contributed by atoms with E-state index in [1.807, 2.05) is 29.8 Å². The van der Waals surface area contributed by atoms with Gasteiger partial charge in [-0.2, -0.15) is 5.10 Å². The molecule has 0 fully saturated rings. The van der Waals surface area contributed by atoms with Crippen LogP contribution in [0, 0.1) is 10.1 Å². The van der Waals surface area contributed by atoms with Crippen molar-refractivity contribution in [3.8, 4) is 22.4 Å². The minimum Gasteiger partial charge on any atom is -0.265 e. The first-order valence-electron chi connectivity index (χ1n) is 6.85. The summed E-state index contributed by atoms with van der Waals surface area (Å²) >= 11 is 1.58. The number of nitrogens with zero attached hydrogens (tertiary/aromatic N) is 4. The van der Waals surface area contributed by atoms with E-state index in [0.717, 1.165) is 27.2 Å². The molecule has 4 rings (SSSR count). The van der Waals surface area contributed by atoms with Gasteiger partial charge < -0.3 is 0 Å². The van der Waals surface area contributed by atoms with Gasteiger partial charge in [0.1, 0.15) is 10.5 Å². The zero-order valence-corrected chi connectivity index (χ0v) is 12.6. The molecule has 0 bridgehead atoms. The Morgan fingerprint density at radius 3 is 2.74 bits per heavy atom. The minimum absolute atomic E-state index is 0.0551. The van der Waals surface area contributed by atoms with Crippen LogP contribution in [0.15, 0.2) is 60.4 Å². The van der Waals surface area contributed by atoms with E-state index in [0.29, 0.717) is 0 Å². The smallest absolute Gasteiger partial charge is 0.265 e. The molecule has 23 heavy (non-hydrogen) atoms. The summed E-state index contributed by atoms with van der Waals surface area (Å²) in [6.07, 6.45) is 5.33. The van der Waals surface area contributed by atoms with Crippen LogP contribution in [0.25, 0.3) is 27.2 Å². The highest BCUT2D eigenvalue weighted by Gasteiger charge is 2.18. The lowest BCUT2D eigenvalue weighted by Crippen LogP contribution is -1.89. The number of non-ortho nitro benzene ring substituents is 1. The van der Waals surface area contributed by atoms with Crippen LogP contribution in [0.5, 0.6) is 0 Å². The molecule has 0 aliphatic heterocycles. The second-order valence-electron chi connectivity index (χ2n) is 4.92. The molecule has 7 heteroatoms. The molecular formula is C16H10N4O2S. The Morgan fingerprint density at radius 2 is 1.96 bits per heavy atom. The summed E-state index contributed by atoms with van der Waals surface area (Å²) in [5.74, 6) is 0. The van der Waals surface area contributed by atoms with Gasteiger partial charge >= 0.3 is 0 Å². The fourth-order valence-corrected chi connectivity index (χ4v) is 3.38. The quantitative estimate of drug-likeness (QED) is 0.421. The topological polar surface area (TPSA) is 73.3 Å². The number of benzene rings is 1. The van der Waals surface area contributed by atoms with Gasteiger partial charge in [0.15, 0.2) is 0 Å². The molecule has 0 saturated carbocycles. The molecule has 112 valence electrons. The molecule has 4 aromatic rings. The van der Waals surface area contributed by atoms with Crippen LogP contribution in [0.2, 0.25) is 0 Å². The van der Waals surface area contributed by atoms with Gasteiger partial charge in [-0.25, -0.2) is 4.52 Å². The lowest BCUT2D eigenvalue weighted by molar-refractivity contribution is -0.384. The van der Waals surface area contributed by atoms with E-state index in [2.05, 4.69) is 10.1 Å². The van der Waals surface area contributed by atoms with Gasteiger partial charge in [0, 0.05) is 47.2 Å². The number of hydrogen-bond donors (Lipinski definition) is 0. The normalized spacial score (nSPS) is 11.0. The van der Waals surface area contributed by atoms with E-state index in [4.69, 9.17) is 0 Å². The van der Waals surface area contributed by atoms with Crippen molar-refractivity contribution >= 4 is 21.9 Å². The summed E-state index contributed by atoms with van der Waals surface area (Å²) in [6.45, 7) is 0. The van der Waals surface area contributed by atoms with Crippen molar-refractivity contribution in [2.24, 2.45) is 0 Å². The molecule has 3 heterocycles. The summed E-state index contributed by atoms with van der Waals surface area (Å²) in [6, 6.07) is 10.4. The number of thiazole rings is 1. The van der Waals surface area contributed by atoms with E-state index in [1.54, 1.807) is 40.4 Å². The third kappa shape index (κ3) is 2.27. The SMILES string of the molecule is O=[N+]([O-])c1cccc(-c2nn3ccsc3c2-c2ccncc2)c1. The highest BCUT2D eigenvalue weighted by atomic mass is 32.1. The van der Waals surface area contributed by atoms with Crippen molar-refractivity contribution < 1.29 is 4.92 Å². The Bertz CT molecular complexity index is 1010. The van der Waals surface area contributed by atoms with Crippen LogP contribution in [0.3, 0.4) is 0 Å². The maximum atomic E-state index is 11.0. The average molecular weight is 322 g/mol. The van der Waals surface area contributed by atoms with E-state index in [1.165, 1.54) is 6.07 Å². The number of nitro benzene ring substituents is 1. The van der Waals surface area contributed by atoms with Crippen molar-refractivity contribution in [3.63, 3.8) is 0 Å². The van der Waals surface area contributed by atoms with Crippen LogP contribution < -0.4 is 0 Å². The second kappa shape index (κ2) is 5.29. The molecule has 0 aliphatic rings. The first kappa shape index (κ1) is 13.6. The number of aromatic nitrogens is 3. The molecule has 0 radical (unpaired) electrons. The predicted octanol–water partition coefficient (Wildman–Crippen LogP) is 4.03. The van der Waals surface area contributed by atoms with Crippen molar-refractivity contribution in [3.05, 3.63) is 70.5 Å². The van der Waals surface area contributed by atoms with Gasteiger partial charge in [0.05, 0.1) is 4.92 Å². The number of nitro groups is 1. The van der Waals surface area contributed by atoms with Crippen molar-refractivity contribution in [2.75, 3.05) is 0 Å². The van der Waals surface area contributed by atoms with Gasteiger partial charge in [0.2, 0.25) is 0 Å². The van der Waals surface area contributed by atoms with Crippen LogP contribution in [0.1, 0.15) is 0 Å². The third-order valence-corrected chi connectivity index (χ3v) is 4.42. The van der Waals surface area contributed by atoms with Gasteiger partial charge in [0.25, 0.3) is 5.69 Å². The van der Waals surface area contributed by atoms with Gasteiger partial charge in [-0.15, -0.1) is 11.3 Å². The first-order valence-corrected chi connectivity index (χ1v) is 7.73. The Morgan fingerprint density at radius 1 is 1.13 bits per heavy atom. The van der Waals surface area contributed by atoms with Gasteiger partial charge in [-0.05, 0) is 17.7 Å². The summed E-state index contributed by atoms with van der Waals surface area (Å²) in [7, 11) is 0. The Balaban J connectivity index is 1.99. The highest BCUT2D eigenvalue weighted by molar-refractivity contribution is 7.16. The van der Waals surface area contributed by atoms with Crippen molar-refractivity contribution in [1.29, 1.82) is 0 Å². The van der Waals surface area contributed by atoms with E-state index >= 15 is 0 Å². The van der Waals surface area contributed by atoms with Crippen molar-refractivity contribution in [2.45, 2.75) is 0 Å². The number of rotatable bonds is 3. The number of pyridine rings is 1. The predicted molar refractivity (Wildman–Crippen MR) is 88.4 cm³/mol. The second-order valence-corrected chi connectivity index (χ2v) is 5.81. The molecule has 0 spiro atoms. The lowest BCUT2D eigenvalue weighted by Gasteiger charge is -2.03. The largest absolute Gasteiger partial charge is 0.270 e. The van der Waals surface area contributed by atoms with Crippen LogP contribution in [-0.2, 0) is 0 Å². The summed E-state index contributed by atoms with van der Waals surface area (Å²) in [5, 5.41) is 17.6. The van der Waals surface area contributed by atoms with Crippen molar-refractivity contribution in [1.82, 2.24) is 14.6 Å². The van der Waals surface area contributed by atoms with E-state index < -0.39 is 4.92 Å². The monoisotopic (exact) mass is 322 g/mol. The molecule has 1 aromatic carbocycles. The minimum atomic E-state index is -0.395. The summed E-state index contributed by atoms with van der Waals surface area (Å²) < 4.78 is 1.80. The average Bonchev–Trinajstić information content (AvgIpc) is 3.16. The fourth-order valence-electron chi connectivity index (χ4n) is 2.53. The lowest BCUT2D eigenvalue weighted by atomic mass is 10.0. The molecule has 0 atom stereocenters. The first-order chi connectivity index (χ1) is 11.2. The molecule has 3 aromatic heterocycles. The van der Waals surface area contributed by atoms with Gasteiger partial charge in [-0.3, -0.25) is 15.1 Å². The molecule has 0 saturated heterocycles. The molecule has 6 nitrogen and oxygen atoms in total. The highest BCUT2D eigenvalue weighted by Crippen LogP contribution is 2.37. The molecule has 0 unspecified atom stereocenters. The zero-order valence-electron chi connectivity index (χ0n) is 11.8. The molecule has 0 N–H and O–H groups in total. The van der Waals surface area contributed by atoms with Crippen LogP contribution in [-0.4, -0.2) is 19.5 Å². The maximum Gasteiger partial charge on any atom is 0.270 e. The maximum absolute atomic E-state index is 11.0. The molecule has 0 amide bonds. The number of fused-ring (bicyclic) bond motifs is 1. The number of hydrogen-bond acceptors (Lipinski definition) is 5. The Hall–Kier alpha value is -3.06. The van der Waals surface area contributed by atoms with E-state index in [9.17, 15) is 10.1 Å². The van der Waals surface area contributed by atoms with Crippen LogP contribution >= 0.6 is 11.3 Å². The molecular weight excluding hydrogens is 312 g/mol. The van der Waals surface area contributed by atoms with Crippen LogP contribution in [0.4, 0.5) is 5.69 Å². The fraction of sp³-hybridized carbons (Fsp3) is 0. The summed E-state index contributed by atoms with van der Waals surface area (Å²) in [4.78, 5) is 15.7. The summed E-state index contributed by atoms with van der Waals surface area (Å²) in [5.41, 5.74) is 3.45. The standard InChI is InChI=1S/C16H10N4O2S/c21-20(22)13-3-1-2-12(10-13)15-14(11-4-6-17-7-5-11)16-19(18-15)8-9-23-16/h1-10H. The van der Waals surface area contributed by atoms with E-state index in [-0.39, 0.29) is 5.69 Å². The third-order valence-electron chi connectivity index (χ3n) is 3.55. The Labute approximate surface area is 134 Å². The zero-order chi connectivity index (χ0) is 15.8. The molecule has 0 aliphatic carbocycles.